The third-order valence-corrected chi connectivity index (χ3v) is 6.04. The number of nitrogens with zero attached hydrogens (tertiary/aromatic N) is 4. The van der Waals surface area contributed by atoms with Crippen LogP contribution in [-0.4, -0.2) is 44.7 Å². The molecule has 0 aromatic carbocycles. The summed E-state index contributed by atoms with van der Waals surface area (Å²) in [6.07, 6.45) is 13.5. The summed E-state index contributed by atoms with van der Waals surface area (Å²) in [7, 11) is 0. The number of likely N-dealkylation sites (tertiary alicyclic amines) is 1. The lowest BCUT2D eigenvalue weighted by Crippen LogP contribution is -2.35. The first kappa shape index (κ1) is 25.7. The van der Waals surface area contributed by atoms with Gasteiger partial charge >= 0.3 is 0 Å². The molecule has 1 saturated heterocycles. The lowest BCUT2D eigenvalue weighted by molar-refractivity contribution is -0.122. The highest BCUT2D eigenvalue weighted by atomic mass is 16.4. The van der Waals surface area contributed by atoms with E-state index in [9.17, 15) is 4.79 Å². The summed E-state index contributed by atoms with van der Waals surface area (Å²) in [5.74, 6) is 0.987. The molecule has 0 atom stereocenters. The van der Waals surface area contributed by atoms with Gasteiger partial charge in [-0.05, 0) is 75.5 Å². The number of carbonyl (C=O) groups is 1. The molecule has 2 aromatic rings. The first-order chi connectivity index (χ1) is 15.6. The maximum atomic E-state index is 11.2. The van der Waals surface area contributed by atoms with Gasteiger partial charge in [0.05, 0.1) is 5.71 Å². The molecular formula is C26H38N4O2. The van der Waals surface area contributed by atoms with Crippen LogP contribution in [0.2, 0.25) is 0 Å². The summed E-state index contributed by atoms with van der Waals surface area (Å²) in [4.78, 5) is 21.7. The molecule has 1 aliphatic rings. The van der Waals surface area contributed by atoms with Crippen LogP contribution >= 0.6 is 0 Å². The second-order valence-electron chi connectivity index (χ2n) is 8.52. The topological polar surface area (TPSA) is 78.7 Å². The second kappa shape index (κ2) is 14.5. The lowest BCUT2D eigenvalue weighted by atomic mass is 9.90. The van der Waals surface area contributed by atoms with Gasteiger partial charge in [0.1, 0.15) is 5.78 Å². The Morgan fingerprint density at radius 3 is 2.25 bits per heavy atom. The number of rotatable bonds is 9. The van der Waals surface area contributed by atoms with Crippen LogP contribution in [0.4, 0.5) is 0 Å². The van der Waals surface area contributed by atoms with Crippen molar-refractivity contribution in [3.8, 4) is 0 Å². The molecule has 174 valence electrons. The van der Waals surface area contributed by atoms with E-state index in [1.54, 1.807) is 19.3 Å². The zero-order chi connectivity index (χ0) is 23.2. The van der Waals surface area contributed by atoms with Gasteiger partial charge in [-0.1, -0.05) is 31.8 Å². The number of pyridine rings is 2. The van der Waals surface area contributed by atoms with Crippen molar-refractivity contribution in [1.82, 2.24) is 14.9 Å². The van der Waals surface area contributed by atoms with E-state index >= 15 is 0 Å². The first-order valence-electron chi connectivity index (χ1n) is 11.8. The van der Waals surface area contributed by atoms with Crippen LogP contribution < -0.4 is 0 Å². The van der Waals surface area contributed by atoms with Crippen LogP contribution in [-0.2, 0) is 11.3 Å². The van der Waals surface area contributed by atoms with Crippen LogP contribution in [0.1, 0.15) is 70.4 Å². The molecule has 0 unspecified atom stereocenters. The molecule has 3 heterocycles. The van der Waals surface area contributed by atoms with E-state index in [1.165, 1.54) is 5.56 Å². The molecule has 0 radical (unpaired) electrons. The number of ketones is 1. The third-order valence-electron chi connectivity index (χ3n) is 6.04. The number of aromatic nitrogens is 2. The van der Waals surface area contributed by atoms with Gasteiger partial charge < -0.3 is 5.21 Å². The molecule has 32 heavy (non-hydrogen) atoms. The van der Waals surface area contributed by atoms with Crippen LogP contribution in [0.15, 0.2) is 54.2 Å². The Kier molecular flexibility index (Phi) is 11.6. The van der Waals surface area contributed by atoms with Crippen LogP contribution in [0.25, 0.3) is 0 Å². The predicted molar refractivity (Wildman–Crippen MR) is 129 cm³/mol. The van der Waals surface area contributed by atoms with Gasteiger partial charge in [-0.25, -0.2) is 0 Å². The molecule has 0 aliphatic carbocycles. The molecule has 1 fully saturated rings. The van der Waals surface area contributed by atoms with Crippen molar-refractivity contribution in [2.24, 2.45) is 17.0 Å². The standard InChI is InChI=1S/C13H18N2O.C13H20N2O/c1-11(16)13-4-8-15(9-5-13)10-12-2-6-14-7-3-12;1-3-6-11(7-4-2)13(15-16)12-8-5-9-14-10-12/h2-3,6-7,13H,4-5,8-10H2,1H3;5,8-11,16H,3-4,6-7H2,1-2H3. The van der Waals surface area contributed by atoms with E-state index < -0.39 is 0 Å². The van der Waals surface area contributed by atoms with Crippen LogP contribution in [0.3, 0.4) is 0 Å². The van der Waals surface area contributed by atoms with E-state index in [0.29, 0.717) is 17.6 Å². The summed E-state index contributed by atoms with van der Waals surface area (Å²) in [5.41, 5.74) is 3.00. The van der Waals surface area contributed by atoms with Crippen molar-refractivity contribution < 1.29 is 10.0 Å². The highest BCUT2D eigenvalue weighted by Gasteiger charge is 2.22. The average molecular weight is 439 g/mol. The monoisotopic (exact) mass is 438 g/mol. The molecule has 6 heteroatoms. The predicted octanol–water partition coefficient (Wildman–Crippen LogP) is 5.36. The Balaban J connectivity index is 0.000000227. The summed E-state index contributed by atoms with van der Waals surface area (Å²) in [6.45, 7) is 9.07. The Morgan fingerprint density at radius 2 is 1.75 bits per heavy atom. The Hall–Kier alpha value is -2.60. The normalized spacial score (nSPS) is 15.3. The molecule has 3 rings (SSSR count). The zero-order valence-corrected chi connectivity index (χ0v) is 19.8. The van der Waals surface area contributed by atoms with Gasteiger partial charge in [0.15, 0.2) is 0 Å². The van der Waals surface area contributed by atoms with Gasteiger partial charge in [0.2, 0.25) is 0 Å². The Morgan fingerprint density at radius 1 is 1.09 bits per heavy atom. The molecule has 0 bridgehead atoms. The highest BCUT2D eigenvalue weighted by Crippen LogP contribution is 2.20. The van der Waals surface area contributed by atoms with E-state index in [2.05, 4.69) is 46.0 Å². The van der Waals surface area contributed by atoms with Crippen molar-refractivity contribution in [3.05, 3.63) is 60.2 Å². The summed E-state index contributed by atoms with van der Waals surface area (Å²) in [6, 6.07) is 7.92. The maximum absolute atomic E-state index is 11.2. The van der Waals surface area contributed by atoms with Gasteiger partial charge in [-0.15, -0.1) is 0 Å². The van der Waals surface area contributed by atoms with Crippen LogP contribution in [0, 0.1) is 11.8 Å². The van der Waals surface area contributed by atoms with Gasteiger partial charge in [-0.2, -0.15) is 0 Å². The van der Waals surface area contributed by atoms with Crippen molar-refractivity contribution in [2.45, 2.75) is 65.8 Å². The molecule has 0 saturated carbocycles. The minimum Gasteiger partial charge on any atom is -0.411 e. The fourth-order valence-corrected chi connectivity index (χ4v) is 4.25. The number of carbonyl (C=O) groups excluding carboxylic acids is 1. The fraction of sp³-hybridized carbons (Fsp3) is 0.538. The van der Waals surface area contributed by atoms with Crippen molar-refractivity contribution in [2.75, 3.05) is 13.1 Å². The minimum atomic E-state index is 0.300. The van der Waals surface area contributed by atoms with E-state index in [1.807, 2.05) is 24.5 Å². The summed E-state index contributed by atoms with van der Waals surface area (Å²) >= 11 is 0. The average Bonchev–Trinajstić information content (AvgIpc) is 2.82. The quantitative estimate of drug-likeness (QED) is 0.324. The number of Topliss-reactive ketones (excluding diaryl/α,β-unsaturated/α-hetero) is 1. The Labute approximate surface area is 192 Å². The summed E-state index contributed by atoms with van der Waals surface area (Å²) in [5, 5.41) is 12.6. The van der Waals surface area contributed by atoms with Crippen molar-refractivity contribution in [1.29, 1.82) is 0 Å². The highest BCUT2D eigenvalue weighted by molar-refractivity contribution is 6.01. The Bertz CT molecular complexity index is 797. The number of oxime groups is 1. The number of hydrogen-bond donors (Lipinski definition) is 1. The number of piperidine rings is 1. The second-order valence-corrected chi connectivity index (χ2v) is 8.52. The maximum Gasteiger partial charge on any atom is 0.133 e. The molecule has 1 N–H and O–H groups in total. The third kappa shape index (κ3) is 8.50. The largest absolute Gasteiger partial charge is 0.411 e. The lowest BCUT2D eigenvalue weighted by Gasteiger charge is -2.30. The molecule has 0 amide bonds. The molecule has 1 aliphatic heterocycles. The van der Waals surface area contributed by atoms with E-state index in [-0.39, 0.29) is 0 Å². The van der Waals surface area contributed by atoms with E-state index in [0.717, 1.165) is 69.4 Å². The van der Waals surface area contributed by atoms with Crippen LogP contribution in [0.5, 0.6) is 0 Å². The molecule has 2 aromatic heterocycles. The van der Waals surface area contributed by atoms with E-state index in [4.69, 9.17) is 5.21 Å². The van der Waals surface area contributed by atoms with Gasteiger partial charge in [-0.3, -0.25) is 19.7 Å². The SMILES string of the molecule is CC(=O)C1CCN(Cc2ccncc2)CC1.CCCC(CCC)C(=NO)c1cccnc1. The van der Waals surface area contributed by atoms with Gasteiger partial charge in [0.25, 0.3) is 0 Å². The molecule has 6 nitrogen and oxygen atoms in total. The molecule has 0 spiro atoms. The smallest absolute Gasteiger partial charge is 0.133 e. The van der Waals surface area contributed by atoms with Gasteiger partial charge in [0, 0.05) is 48.7 Å². The van der Waals surface area contributed by atoms with Crippen molar-refractivity contribution in [3.63, 3.8) is 0 Å². The summed E-state index contributed by atoms with van der Waals surface area (Å²) < 4.78 is 0. The first-order valence-corrected chi connectivity index (χ1v) is 11.8. The molecular weight excluding hydrogens is 400 g/mol. The van der Waals surface area contributed by atoms with Crippen molar-refractivity contribution >= 4 is 11.5 Å². The minimum absolute atomic E-state index is 0.300. The zero-order valence-electron chi connectivity index (χ0n) is 19.8. The number of hydrogen-bond acceptors (Lipinski definition) is 6. The fourth-order valence-electron chi connectivity index (χ4n) is 4.25.